The molecule has 0 unspecified atom stereocenters. The Morgan fingerprint density at radius 2 is 2.24 bits per heavy atom. The number of benzene rings is 1. The molecule has 1 aliphatic heterocycles. The summed E-state index contributed by atoms with van der Waals surface area (Å²) in [4.78, 5) is 28.3. The molecule has 0 saturated carbocycles. The molecule has 0 atom stereocenters. The maximum Gasteiger partial charge on any atom is 0.165 e. The van der Waals surface area contributed by atoms with Crippen LogP contribution in [0.25, 0.3) is 21.9 Å². The number of nitrogens with zero attached hydrogens (tertiary/aromatic N) is 4. The first-order valence-corrected chi connectivity index (χ1v) is 6.87. The van der Waals surface area contributed by atoms with E-state index in [1.54, 1.807) is 12.1 Å². The molecule has 7 heteroatoms. The topological polar surface area (TPSA) is 83.5 Å². The van der Waals surface area contributed by atoms with Crippen LogP contribution in [-0.2, 0) is 4.84 Å². The normalized spacial score (nSPS) is 15.7. The molecule has 2 aromatic heterocycles. The van der Waals surface area contributed by atoms with Gasteiger partial charge in [0.25, 0.3) is 0 Å². The Hall–Kier alpha value is -2.54. The Balaban J connectivity index is 1.99. The summed E-state index contributed by atoms with van der Waals surface area (Å²) in [6, 6.07) is 5.25. The fraction of sp³-hybridized carbons (Fsp3) is 0.286. The van der Waals surface area contributed by atoms with Gasteiger partial charge >= 0.3 is 0 Å². The molecule has 0 aliphatic carbocycles. The Kier molecular flexibility index (Phi) is 2.78. The van der Waals surface area contributed by atoms with Crippen LogP contribution >= 0.6 is 0 Å². The first-order chi connectivity index (χ1) is 10.4. The van der Waals surface area contributed by atoms with E-state index in [2.05, 4.69) is 20.1 Å². The molecule has 0 radical (unpaired) electrons. The lowest BCUT2D eigenvalue weighted by molar-refractivity contribution is 0.0767. The highest BCUT2D eigenvalue weighted by molar-refractivity contribution is 6.11. The highest BCUT2D eigenvalue weighted by Crippen LogP contribution is 2.33. The first-order valence-electron chi connectivity index (χ1n) is 6.87. The summed E-state index contributed by atoms with van der Waals surface area (Å²) in [5, 5.41) is 6.55. The number of fused-ring (bicyclic) bond motifs is 3. The van der Waals surface area contributed by atoms with Crippen molar-refractivity contribution in [1.82, 2.24) is 15.0 Å². The Morgan fingerprint density at radius 1 is 1.29 bits per heavy atom. The Labute approximate surface area is 119 Å². The molecule has 0 bridgehead atoms. The van der Waals surface area contributed by atoms with E-state index in [1.165, 1.54) is 6.33 Å². The minimum atomic E-state index is 0.387. The quantitative estimate of drug-likeness (QED) is 0.731. The van der Waals surface area contributed by atoms with Gasteiger partial charge in [0.2, 0.25) is 0 Å². The minimum absolute atomic E-state index is 0.387. The SMILES string of the molecule is O=Nc1ccc2[nH]c3ncnc(N4CCCCO4)c3c2c1. The molecule has 1 fully saturated rings. The third-order valence-corrected chi connectivity index (χ3v) is 3.70. The summed E-state index contributed by atoms with van der Waals surface area (Å²) >= 11 is 0. The van der Waals surface area contributed by atoms with Gasteiger partial charge < -0.3 is 4.98 Å². The Morgan fingerprint density at radius 3 is 3.05 bits per heavy atom. The van der Waals surface area contributed by atoms with E-state index in [0.29, 0.717) is 12.3 Å². The highest BCUT2D eigenvalue weighted by Gasteiger charge is 2.19. The lowest BCUT2D eigenvalue weighted by Gasteiger charge is -2.27. The molecule has 0 spiro atoms. The number of H-pyrrole nitrogens is 1. The molecule has 21 heavy (non-hydrogen) atoms. The summed E-state index contributed by atoms with van der Waals surface area (Å²) in [5.74, 6) is 0.731. The third-order valence-electron chi connectivity index (χ3n) is 3.70. The average molecular weight is 283 g/mol. The number of hydrogen-bond donors (Lipinski definition) is 1. The molecule has 1 aromatic carbocycles. The molecule has 4 rings (SSSR count). The minimum Gasteiger partial charge on any atom is -0.339 e. The van der Waals surface area contributed by atoms with Crippen LogP contribution in [0.2, 0.25) is 0 Å². The zero-order valence-corrected chi connectivity index (χ0v) is 11.2. The van der Waals surface area contributed by atoms with Crippen molar-refractivity contribution in [2.45, 2.75) is 12.8 Å². The number of nitroso groups, excluding NO2 is 1. The van der Waals surface area contributed by atoms with E-state index in [0.717, 1.165) is 47.1 Å². The molecule has 3 aromatic rings. The summed E-state index contributed by atoms with van der Waals surface area (Å²) in [6.07, 6.45) is 3.64. The van der Waals surface area contributed by atoms with Crippen molar-refractivity contribution in [3.05, 3.63) is 29.4 Å². The van der Waals surface area contributed by atoms with Crippen LogP contribution in [0.15, 0.2) is 29.7 Å². The number of anilines is 1. The number of hydrogen-bond acceptors (Lipinski definition) is 6. The van der Waals surface area contributed by atoms with Crippen LogP contribution in [0.4, 0.5) is 11.5 Å². The standard InChI is InChI=1S/C14H13N5O2/c20-18-9-3-4-11-10(7-9)12-13(17-11)15-8-16-14(12)19-5-1-2-6-21-19/h3-4,7-8H,1-2,5-6H2,(H,15,16,17). The second kappa shape index (κ2) is 4.78. The van der Waals surface area contributed by atoms with Crippen molar-refractivity contribution in [1.29, 1.82) is 0 Å². The fourth-order valence-electron chi connectivity index (χ4n) is 2.70. The van der Waals surface area contributed by atoms with Gasteiger partial charge in [-0.2, -0.15) is 0 Å². The van der Waals surface area contributed by atoms with Crippen molar-refractivity contribution in [2.75, 3.05) is 18.2 Å². The van der Waals surface area contributed by atoms with Crippen LogP contribution in [-0.4, -0.2) is 28.1 Å². The van der Waals surface area contributed by atoms with Crippen LogP contribution in [0, 0.1) is 4.91 Å². The van der Waals surface area contributed by atoms with Gasteiger partial charge in [-0.25, -0.2) is 15.0 Å². The van der Waals surface area contributed by atoms with Gasteiger partial charge in [-0.15, -0.1) is 4.91 Å². The lowest BCUT2D eigenvalue weighted by Crippen LogP contribution is -2.30. The molecule has 1 saturated heterocycles. The maximum atomic E-state index is 10.8. The zero-order valence-electron chi connectivity index (χ0n) is 11.2. The van der Waals surface area contributed by atoms with Gasteiger partial charge in [-0.3, -0.25) is 4.84 Å². The first kappa shape index (κ1) is 12.2. The van der Waals surface area contributed by atoms with Gasteiger partial charge in [0.05, 0.1) is 12.0 Å². The molecule has 0 amide bonds. The average Bonchev–Trinajstić information content (AvgIpc) is 2.93. The van der Waals surface area contributed by atoms with E-state index in [-0.39, 0.29) is 0 Å². The van der Waals surface area contributed by atoms with E-state index in [4.69, 9.17) is 4.84 Å². The van der Waals surface area contributed by atoms with Crippen molar-refractivity contribution >= 4 is 33.4 Å². The monoisotopic (exact) mass is 283 g/mol. The summed E-state index contributed by atoms with van der Waals surface area (Å²) in [7, 11) is 0. The number of hydroxylamine groups is 1. The summed E-state index contributed by atoms with van der Waals surface area (Å²) in [6.45, 7) is 1.49. The molecular formula is C14H13N5O2. The van der Waals surface area contributed by atoms with E-state index in [9.17, 15) is 4.91 Å². The molecule has 1 aliphatic rings. The van der Waals surface area contributed by atoms with E-state index >= 15 is 0 Å². The molecule has 106 valence electrons. The predicted molar refractivity (Wildman–Crippen MR) is 79.4 cm³/mol. The smallest absolute Gasteiger partial charge is 0.165 e. The van der Waals surface area contributed by atoms with Crippen molar-refractivity contribution in [2.24, 2.45) is 5.18 Å². The largest absolute Gasteiger partial charge is 0.339 e. The zero-order chi connectivity index (χ0) is 14.2. The van der Waals surface area contributed by atoms with Crippen molar-refractivity contribution in [3.8, 4) is 0 Å². The number of aromatic amines is 1. The molecule has 7 nitrogen and oxygen atoms in total. The Bertz CT molecular complexity index is 823. The molecule has 1 N–H and O–H groups in total. The summed E-state index contributed by atoms with van der Waals surface area (Å²) < 4.78 is 0. The van der Waals surface area contributed by atoms with E-state index in [1.807, 2.05) is 11.1 Å². The van der Waals surface area contributed by atoms with Crippen molar-refractivity contribution < 1.29 is 4.84 Å². The predicted octanol–water partition coefficient (Wildman–Crippen LogP) is 3.04. The van der Waals surface area contributed by atoms with E-state index < -0.39 is 0 Å². The summed E-state index contributed by atoms with van der Waals surface area (Å²) in [5.41, 5.74) is 2.01. The molecular weight excluding hydrogens is 270 g/mol. The van der Waals surface area contributed by atoms with Crippen LogP contribution in [0.3, 0.4) is 0 Å². The van der Waals surface area contributed by atoms with Crippen LogP contribution in [0.5, 0.6) is 0 Å². The second-order valence-corrected chi connectivity index (χ2v) is 5.01. The highest BCUT2D eigenvalue weighted by atomic mass is 16.7. The van der Waals surface area contributed by atoms with Crippen LogP contribution < -0.4 is 5.06 Å². The van der Waals surface area contributed by atoms with Gasteiger partial charge in [0.15, 0.2) is 5.82 Å². The number of aromatic nitrogens is 3. The third kappa shape index (κ3) is 1.93. The van der Waals surface area contributed by atoms with Gasteiger partial charge in [-0.05, 0) is 36.2 Å². The lowest BCUT2D eigenvalue weighted by atomic mass is 10.2. The fourth-order valence-corrected chi connectivity index (χ4v) is 2.70. The second-order valence-electron chi connectivity index (χ2n) is 5.01. The molecule has 3 heterocycles. The van der Waals surface area contributed by atoms with Crippen LogP contribution in [0.1, 0.15) is 12.8 Å². The van der Waals surface area contributed by atoms with Crippen molar-refractivity contribution in [3.63, 3.8) is 0 Å². The van der Waals surface area contributed by atoms with Gasteiger partial charge in [0, 0.05) is 17.4 Å². The van der Waals surface area contributed by atoms with Gasteiger partial charge in [-0.1, -0.05) is 0 Å². The maximum absolute atomic E-state index is 10.8. The van der Waals surface area contributed by atoms with Gasteiger partial charge in [0.1, 0.15) is 17.7 Å². The number of nitrogens with one attached hydrogen (secondary N) is 1. The number of rotatable bonds is 2.